The van der Waals surface area contributed by atoms with E-state index in [9.17, 15) is 4.79 Å². The smallest absolute Gasteiger partial charge is 0.255 e. The molecule has 1 aromatic heterocycles. The second kappa shape index (κ2) is 9.92. The summed E-state index contributed by atoms with van der Waals surface area (Å²) in [5, 5.41) is 6.41. The van der Waals surface area contributed by atoms with Crippen molar-refractivity contribution in [2.75, 3.05) is 17.2 Å². The molecule has 4 aromatic rings. The van der Waals surface area contributed by atoms with Crippen LogP contribution in [0.25, 0.3) is 11.1 Å². The molecule has 0 unspecified atom stereocenters. The summed E-state index contributed by atoms with van der Waals surface area (Å²) in [5.41, 5.74) is 7.99. The van der Waals surface area contributed by atoms with Gasteiger partial charge in [-0.25, -0.2) is 0 Å². The molecule has 0 fully saturated rings. The number of carbonyl (C=O) groups excluding carboxylic acids is 1. The first-order chi connectivity index (χ1) is 15.6. The number of aryl methyl sites for hydroxylation is 1. The molecule has 0 radical (unpaired) electrons. The molecule has 0 aliphatic heterocycles. The van der Waals surface area contributed by atoms with Gasteiger partial charge in [-0.15, -0.1) is 0 Å². The molecule has 0 spiro atoms. The Hall–Kier alpha value is -3.92. The molecule has 0 atom stereocenters. The predicted octanol–water partition coefficient (Wildman–Crippen LogP) is 6.27. The maximum atomic E-state index is 12.9. The van der Waals surface area contributed by atoms with Crippen LogP contribution in [0.4, 0.5) is 11.4 Å². The number of aromatic nitrogens is 1. The third-order valence-corrected chi connectivity index (χ3v) is 5.59. The summed E-state index contributed by atoms with van der Waals surface area (Å²) in [6, 6.07) is 27.8. The number of nitrogens with zero attached hydrogens (tertiary/aromatic N) is 1. The summed E-state index contributed by atoms with van der Waals surface area (Å²) >= 11 is 0. The van der Waals surface area contributed by atoms with E-state index in [1.54, 1.807) is 0 Å². The van der Waals surface area contributed by atoms with Gasteiger partial charge < -0.3 is 10.6 Å². The fraction of sp³-hybridized carbons (Fsp3) is 0.143. The van der Waals surface area contributed by atoms with Gasteiger partial charge >= 0.3 is 0 Å². The van der Waals surface area contributed by atoms with E-state index in [-0.39, 0.29) is 5.91 Å². The van der Waals surface area contributed by atoms with Gasteiger partial charge in [0.25, 0.3) is 5.91 Å². The summed E-state index contributed by atoms with van der Waals surface area (Å²) in [7, 11) is 0. The molecule has 1 amide bonds. The minimum absolute atomic E-state index is 0.110. The normalized spacial score (nSPS) is 10.6. The standard InChI is InChI=1S/C28H27N3O/c1-20-18-23(19-27(21(20)2)22-8-4-3-5-9-22)28(32)31-26-13-11-25(12-14-26)30-17-15-24-10-6-7-16-29-24/h3-14,16,18-19,30H,15,17H2,1-2H3,(H,31,32). The van der Waals surface area contributed by atoms with Gasteiger partial charge in [0.1, 0.15) is 0 Å². The van der Waals surface area contributed by atoms with Gasteiger partial charge in [-0.05, 0) is 84.6 Å². The Morgan fingerprint density at radius 2 is 1.56 bits per heavy atom. The van der Waals surface area contributed by atoms with E-state index in [4.69, 9.17) is 0 Å². The molecule has 32 heavy (non-hydrogen) atoms. The van der Waals surface area contributed by atoms with Crippen LogP contribution >= 0.6 is 0 Å². The first kappa shape index (κ1) is 21.3. The minimum Gasteiger partial charge on any atom is -0.385 e. The number of hydrogen-bond acceptors (Lipinski definition) is 3. The Bertz CT molecular complexity index is 1190. The van der Waals surface area contributed by atoms with E-state index in [0.29, 0.717) is 5.56 Å². The highest BCUT2D eigenvalue weighted by Crippen LogP contribution is 2.27. The first-order valence-corrected chi connectivity index (χ1v) is 10.8. The van der Waals surface area contributed by atoms with Crippen LogP contribution in [0.3, 0.4) is 0 Å². The number of nitrogens with one attached hydrogen (secondary N) is 2. The zero-order valence-electron chi connectivity index (χ0n) is 18.4. The van der Waals surface area contributed by atoms with Crippen molar-refractivity contribution in [1.82, 2.24) is 4.98 Å². The number of pyridine rings is 1. The second-order valence-electron chi connectivity index (χ2n) is 7.86. The number of rotatable bonds is 7. The zero-order chi connectivity index (χ0) is 22.3. The molecule has 4 nitrogen and oxygen atoms in total. The summed E-state index contributed by atoms with van der Waals surface area (Å²) in [6.45, 7) is 4.94. The number of anilines is 2. The summed E-state index contributed by atoms with van der Waals surface area (Å²) in [4.78, 5) is 17.3. The van der Waals surface area contributed by atoms with Gasteiger partial charge in [0.15, 0.2) is 0 Å². The molecule has 0 saturated carbocycles. The zero-order valence-corrected chi connectivity index (χ0v) is 18.4. The molecule has 0 aliphatic carbocycles. The highest BCUT2D eigenvalue weighted by Gasteiger charge is 2.12. The van der Waals surface area contributed by atoms with E-state index < -0.39 is 0 Å². The van der Waals surface area contributed by atoms with Crippen molar-refractivity contribution in [1.29, 1.82) is 0 Å². The SMILES string of the molecule is Cc1cc(C(=O)Nc2ccc(NCCc3ccccn3)cc2)cc(-c2ccccc2)c1C. The van der Waals surface area contributed by atoms with E-state index >= 15 is 0 Å². The number of benzene rings is 3. The average molecular weight is 422 g/mol. The molecule has 4 rings (SSSR count). The number of hydrogen-bond donors (Lipinski definition) is 2. The lowest BCUT2D eigenvalue weighted by molar-refractivity contribution is 0.102. The lowest BCUT2D eigenvalue weighted by Gasteiger charge is -2.13. The fourth-order valence-electron chi connectivity index (χ4n) is 3.66. The van der Waals surface area contributed by atoms with E-state index in [1.807, 2.05) is 85.9 Å². The molecular weight excluding hydrogens is 394 g/mol. The topological polar surface area (TPSA) is 54.0 Å². The summed E-state index contributed by atoms with van der Waals surface area (Å²) in [6.07, 6.45) is 2.67. The van der Waals surface area contributed by atoms with Crippen molar-refractivity contribution < 1.29 is 4.79 Å². The van der Waals surface area contributed by atoms with Gasteiger partial charge in [0, 0.05) is 41.8 Å². The van der Waals surface area contributed by atoms with Crippen LogP contribution in [-0.2, 0) is 6.42 Å². The average Bonchev–Trinajstić information content (AvgIpc) is 2.83. The lowest BCUT2D eigenvalue weighted by Crippen LogP contribution is -2.13. The highest BCUT2D eigenvalue weighted by molar-refractivity contribution is 6.05. The Morgan fingerprint density at radius 1 is 0.844 bits per heavy atom. The number of amides is 1. The Kier molecular flexibility index (Phi) is 6.61. The van der Waals surface area contributed by atoms with Crippen molar-refractivity contribution in [2.45, 2.75) is 20.3 Å². The van der Waals surface area contributed by atoms with Crippen LogP contribution in [0.15, 0.2) is 91.1 Å². The van der Waals surface area contributed by atoms with Crippen LogP contribution in [0, 0.1) is 13.8 Å². The molecule has 160 valence electrons. The van der Waals surface area contributed by atoms with Crippen LogP contribution in [-0.4, -0.2) is 17.4 Å². The van der Waals surface area contributed by atoms with Crippen molar-refractivity contribution >= 4 is 17.3 Å². The second-order valence-corrected chi connectivity index (χ2v) is 7.86. The van der Waals surface area contributed by atoms with E-state index in [2.05, 4.69) is 34.7 Å². The molecule has 0 saturated heterocycles. The Balaban J connectivity index is 1.41. The Morgan fingerprint density at radius 3 is 2.28 bits per heavy atom. The maximum absolute atomic E-state index is 12.9. The first-order valence-electron chi connectivity index (χ1n) is 10.8. The van der Waals surface area contributed by atoms with Gasteiger partial charge in [-0.2, -0.15) is 0 Å². The number of carbonyl (C=O) groups is 1. The highest BCUT2D eigenvalue weighted by atomic mass is 16.1. The minimum atomic E-state index is -0.110. The van der Waals surface area contributed by atoms with Crippen molar-refractivity contribution in [3.63, 3.8) is 0 Å². The van der Waals surface area contributed by atoms with Gasteiger partial charge in [-0.1, -0.05) is 36.4 Å². The van der Waals surface area contributed by atoms with Crippen molar-refractivity contribution in [2.24, 2.45) is 0 Å². The quantitative estimate of drug-likeness (QED) is 0.370. The Labute approximate surface area is 189 Å². The largest absolute Gasteiger partial charge is 0.385 e. The summed E-state index contributed by atoms with van der Waals surface area (Å²) in [5.74, 6) is -0.110. The van der Waals surface area contributed by atoms with E-state index in [0.717, 1.165) is 46.7 Å². The molecule has 1 heterocycles. The molecule has 0 bridgehead atoms. The third-order valence-electron chi connectivity index (χ3n) is 5.59. The van der Waals surface area contributed by atoms with Gasteiger partial charge in [0.05, 0.1) is 0 Å². The van der Waals surface area contributed by atoms with E-state index in [1.165, 1.54) is 5.56 Å². The molecule has 2 N–H and O–H groups in total. The molecule has 0 aliphatic rings. The van der Waals surface area contributed by atoms with Gasteiger partial charge in [0.2, 0.25) is 0 Å². The third kappa shape index (κ3) is 5.22. The van der Waals surface area contributed by atoms with Gasteiger partial charge in [-0.3, -0.25) is 9.78 Å². The molecular formula is C28H27N3O. The fourth-order valence-corrected chi connectivity index (χ4v) is 3.66. The lowest BCUT2D eigenvalue weighted by atomic mass is 9.94. The van der Waals surface area contributed by atoms with Crippen molar-refractivity contribution in [3.05, 3.63) is 114 Å². The van der Waals surface area contributed by atoms with Crippen LogP contribution < -0.4 is 10.6 Å². The van der Waals surface area contributed by atoms with Crippen LogP contribution in [0.5, 0.6) is 0 Å². The predicted molar refractivity (Wildman–Crippen MR) is 132 cm³/mol. The van der Waals surface area contributed by atoms with Crippen molar-refractivity contribution in [3.8, 4) is 11.1 Å². The molecule has 4 heteroatoms. The maximum Gasteiger partial charge on any atom is 0.255 e. The molecule has 3 aromatic carbocycles. The van der Waals surface area contributed by atoms with Crippen LogP contribution in [0.2, 0.25) is 0 Å². The summed E-state index contributed by atoms with van der Waals surface area (Å²) < 4.78 is 0. The van der Waals surface area contributed by atoms with Crippen LogP contribution in [0.1, 0.15) is 27.2 Å². The monoisotopic (exact) mass is 421 g/mol.